The molecule has 0 fully saturated rings. The largest absolute Gasteiger partial charge is 0.309 e. The summed E-state index contributed by atoms with van der Waals surface area (Å²) in [5.41, 5.74) is 14.4. The van der Waals surface area contributed by atoms with Gasteiger partial charge in [-0.15, -0.1) is 0 Å². The zero-order chi connectivity index (χ0) is 47.0. The van der Waals surface area contributed by atoms with Crippen LogP contribution in [-0.4, -0.2) is 24.1 Å². The van der Waals surface area contributed by atoms with Crippen molar-refractivity contribution in [1.29, 1.82) is 0 Å². The topological polar surface area (TPSA) is 48.5 Å². The Hall–Kier alpha value is -9.19. The molecule has 11 aromatic carbocycles. The molecule has 0 unspecified atom stereocenters. The van der Waals surface area contributed by atoms with Crippen LogP contribution in [0, 0.1) is 0 Å². The van der Waals surface area contributed by atoms with Gasteiger partial charge in [-0.25, -0.2) is 4.98 Å². The summed E-state index contributed by atoms with van der Waals surface area (Å²) in [5.74, 6) is 1.85. The fraction of sp³-hybridized carbons (Fsp3) is 0.0455. The van der Waals surface area contributed by atoms with Crippen LogP contribution in [0.3, 0.4) is 0 Å². The van der Waals surface area contributed by atoms with E-state index in [1.807, 2.05) is 18.2 Å². The van der Waals surface area contributed by atoms with Crippen molar-refractivity contribution in [2.45, 2.75) is 19.3 Å². The number of fused-ring (bicyclic) bond motifs is 15. The average molecular weight is 906 g/mol. The summed E-state index contributed by atoms with van der Waals surface area (Å²) in [7, 11) is 0. The standard InChI is InChI=1S/C66H43N5/c1-66(2)56-31-14-10-26-48(56)51-29-18-30-52(62(51)66)64-67-63(40-19-4-3-5-20-40)68-65(69-64)71-59-34-17-13-28-50(59)55-38-54-49-27-12-16-33-58(49)70(60(54)39-61(55)71)57-32-15-11-21-42(57)41-35-36-47-45-24-7-6-22-43(45)44-23-8-9-25-46(44)53(47)37-41/h3-39H,1-2H3. The van der Waals surface area contributed by atoms with Gasteiger partial charge in [0.25, 0.3) is 0 Å². The molecule has 0 radical (unpaired) electrons. The molecule has 0 amide bonds. The summed E-state index contributed by atoms with van der Waals surface area (Å²) in [4.78, 5) is 16.3. The number of para-hydroxylation sites is 3. The maximum absolute atomic E-state index is 5.53. The zero-order valence-corrected chi connectivity index (χ0v) is 39.1. The Bertz CT molecular complexity index is 4520. The minimum Gasteiger partial charge on any atom is -0.309 e. The van der Waals surface area contributed by atoms with E-state index in [9.17, 15) is 0 Å². The van der Waals surface area contributed by atoms with Gasteiger partial charge < -0.3 is 4.57 Å². The van der Waals surface area contributed by atoms with Crippen LogP contribution in [0.4, 0.5) is 0 Å². The molecule has 1 aliphatic rings. The highest BCUT2D eigenvalue weighted by atomic mass is 15.2. The van der Waals surface area contributed by atoms with E-state index in [1.54, 1.807) is 0 Å². The smallest absolute Gasteiger partial charge is 0.238 e. The predicted molar refractivity (Wildman–Crippen MR) is 295 cm³/mol. The predicted octanol–water partition coefficient (Wildman–Crippen LogP) is 16.8. The monoisotopic (exact) mass is 905 g/mol. The van der Waals surface area contributed by atoms with Crippen LogP contribution >= 0.6 is 0 Å². The van der Waals surface area contributed by atoms with Crippen LogP contribution < -0.4 is 0 Å². The van der Waals surface area contributed by atoms with Gasteiger partial charge in [-0.1, -0.05) is 202 Å². The van der Waals surface area contributed by atoms with E-state index < -0.39 is 0 Å². The maximum atomic E-state index is 5.53. The van der Waals surface area contributed by atoms with Crippen molar-refractivity contribution in [1.82, 2.24) is 24.1 Å². The molecule has 5 nitrogen and oxygen atoms in total. The van der Waals surface area contributed by atoms with Crippen LogP contribution in [0.5, 0.6) is 0 Å². The highest BCUT2D eigenvalue weighted by Gasteiger charge is 2.38. The minimum absolute atomic E-state index is 0.264. The molecule has 3 aromatic heterocycles. The van der Waals surface area contributed by atoms with E-state index in [2.05, 4.69) is 229 Å². The number of benzene rings is 11. The van der Waals surface area contributed by atoms with E-state index in [0.29, 0.717) is 17.6 Å². The molecule has 1 aliphatic carbocycles. The van der Waals surface area contributed by atoms with Crippen molar-refractivity contribution < 1.29 is 0 Å². The summed E-state index contributed by atoms with van der Waals surface area (Å²) < 4.78 is 4.73. The molecule has 0 aliphatic heterocycles. The minimum atomic E-state index is -0.264. The van der Waals surface area contributed by atoms with Crippen molar-refractivity contribution in [2.24, 2.45) is 0 Å². The van der Waals surface area contributed by atoms with Gasteiger partial charge in [-0.2, -0.15) is 9.97 Å². The lowest BCUT2D eigenvalue weighted by molar-refractivity contribution is 0.661. The molecule has 0 saturated heterocycles. The molecular formula is C66H43N5. The number of nitrogens with zero attached hydrogens (tertiary/aromatic N) is 5. The molecule has 0 atom stereocenters. The molecule has 0 bridgehead atoms. The molecule has 3 heterocycles. The van der Waals surface area contributed by atoms with Crippen molar-refractivity contribution in [3.8, 4) is 56.7 Å². The first kappa shape index (κ1) is 39.8. The molecule has 71 heavy (non-hydrogen) atoms. The first-order chi connectivity index (χ1) is 35.0. The van der Waals surface area contributed by atoms with Gasteiger partial charge >= 0.3 is 0 Å². The third-order valence-electron chi connectivity index (χ3n) is 15.3. The highest BCUT2D eigenvalue weighted by Crippen LogP contribution is 2.52. The molecule has 0 spiro atoms. The van der Waals surface area contributed by atoms with Crippen LogP contribution in [0.25, 0.3) is 133 Å². The maximum Gasteiger partial charge on any atom is 0.238 e. The fourth-order valence-electron chi connectivity index (χ4n) is 12.2. The Morgan fingerprint density at radius 2 is 0.831 bits per heavy atom. The Morgan fingerprint density at radius 1 is 0.310 bits per heavy atom. The Morgan fingerprint density at radius 3 is 1.55 bits per heavy atom. The number of rotatable bonds is 5. The van der Waals surface area contributed by atoms with Gasteiger partial charge in [0, 0.05) is 43.7 Å². The first-order valence-corrected chi connectivity index (χ1v) is 24.4. The normalized spacial score (nSPS) is 13.0. The van der Waals surface area contributed by atoms with Crippen LogP contribution in [0.15, 0.2) is 224 Å². The van der Waals surface area contributed by atoms with Crippen LogP contribution in [-0.2, 0) is 5.41 Å². The quantitative estimate of drug-likeness (QED) is 0.162. The van der Waals surface area contributed by atoms with Gasteiger partial charge in [0.15, 0.2) is 11.6 Å². The zero-order valence-electron chi connectivity index (χ0n) is 39.1. The lowest BCUT2D eigenvalue weighted by Gasteiger charge is -2.24. The van der Waals surface area contributed by atoms with Crippen molar-refractivity contribution in [2.75, 3.05) is 0 Å². The van der Waals surface area contributed by atoms with E-state index in [0.717, 1.165) is 55.2 Å². The lowest BCUT2D eigenvalue weighted by atomic mass is 9.80. The third kappa shape index (κ3) is 5.72. The second-order valence-corrected chi connectivity index (χ2v) is 19.5. The van der Waals surface area contributed by atoms with Gasteiger partial charge in [-0.3, -0.25) is 4.57 Å². The fourth-order valence-corrected chi connectivity index (χ4v) is 12.2. The van der Waals surface area contributed by atoms with Crippen molar-refractivity contribution in [3.05, 3.63) is 236 Å². The second-order valence-electron chi connectivity index (χ2n) is 19.5. The summed E-state index contributed by atoms with van der Waals surface area (Å²) >= 11 is 0. The Labute approximate surface area is 409 Å². The van der Waals surface area contributed by atoms with E-state index in [1.165, 1.54) is 70.9 Å². The van der Waals surface area contributed by atoms with E-state index in [4.69, 9.17) is 15.0 Å². The molecule has 0 saturated carbocycles. The summed E-state index contributed by atoms with van der Waals surface area (Å²) in [6, 6.07) is 81.4. The molecule has 15 rings (SSSR count). The Kier molecular flexibility index (Phi) is 8.35. The molecule has 5 heteroatoms. The average Bonchev–Trinajstić information content (AvgIpc) is 4.02. The first-order valence-electron chi connectivity index (χ1n) is 24.4. The number of hydrogen-bond acceptors (Lipinski definition) is 3. The second kappa shape index (κ2) is 14.9. The Balaban J connectivity index is 0.994. The summed E-state index contributed by atoms with van der Waals surface area (Å²) in [6.45, 7) is 4.64. The molecule has 14 aromatic rings. The van der Waals surface area contributed by atoms with Gasteiger partial charge in [0.2, 0.25) is 5.95 Å². The SMILES string of the molecule is CC1(C)c2ccccc2-c2cccc(-c3nc(-c4ccccc4)nc(-n4c5ccccc5c5cc6c7ccccc7n(-c7ccccc7-c7ccc8c9ccccc9c9ccccc9c8c7)c6cc54)n3)c21. The van der Waals surface area contributed by atoms with Crippen molar-refractivity contribution in [3.63, 3.8) is 0 Å². The van der Waals surface area contributed by atoms with Gasteiger partial charge in [0.05, 0.1) is 27.8 Å². The van der Waals surface area contributed by atoms with E-state index >= 15 is 0 Å². The lowest BCUT2D eigenvalue weighted by Crippen LogP contribution is -2.17. The van der Waals surface area contributed by atoms with Gasteiger partial charge in [-0.05, 0) is 96.5 Å². The van der Waals surface area contributed by atoms with Crippen molar-refractivity contribution >= 4 is 75.9 Å². The number of hydrogen-bond donors (Lipinski definition) is 0. The molecule has 332 valence electrons. The number of aromatic nitrogens is 5. The van der Waals surface area contributed by atoms with Crippen LogP contribution in [0.2, 0.25) is 0 Å². The third-order valence-corrected chi connectivity index (χ3v) is 15.3. The van der Waals surface area contributed by atoms with Crippen LogP contribution in [0.1, 0.15) is 25.0 Å². The summed E-state index contributed by atoms with van der Waals surface area (Å²) in [5, 5.41) is 12.2. The van der Waals surface area contributed by atoms with E-state index in [-0.39, 0.29) is 5.41 Å². The molecule has 0 N–H and O–H groups in total. The highest BCUT2D eigenvalue weighted by molar-refractivity contribution is 6.26. The van der Waals surface area contributed by atoms with Gasteiger partial charge in [0.1, 0.15) is 0 Å². The molecular weight excluding hydrogens is 863 g/mol. The summed E-state index contributed by atoms with van der Waals surface area (Å²) in [6.07, 6.45) is 0.